The number of carbonyl (C=O) groups excluding carboxylic acids is 1. The van der Waals surface area contributed by atoms with Crippen molar-refractivity contribution in [3.8, 4) is 0 Å². The van der Waals surface area contributed by atoms with Gasteiger partial charge in [-0.05, 0) is 49.0 Å². The van der Waals surface area contributed by atoms with E-state index in [4.69, 9.17) is 4.74 Å². The Bertz CT molecular complexity index is 573. The monoisotopic (exact) mass is 356 g/mol. The van der Waals surface area contributed by atoms with Crippen molar-refractivity contribution in [2.24, 2.45) is 11.8 Å². The van der Waals surface area contributed by atoms with Gasteiger partial charge in [-0.15, -0.1) is 0 Å². The summed E-state index contributed by atoms with van der Waals surface area (Å²) >= 11 is 0. The summed E-state index contributed by atoms with van der Waals surface area (Å²) in [5, 5.41) is 0. The van der Waals surface area contributed by atoms with E-state index in [2.05, 4.69) is 40.1 Å². The SMILES string of the molecule is O=C(CC(c1ccccc1)C1CC1)N1CCC(CN2CCOCC2)CC1. The minimum absolute atomic E-state index is 0.371. The smallest absolute Gasteiger partial charge is 0.223 e. The maximum Gasteiger partial charge on any atom is 0.223 e. The zero-order chi connectivity index (χ0) is 17.8. The lowest BCUT2D eigenvalue weighted by Crippen LogP contribution is -2.44. The number of hydrogen-bond donors (Lipinski definition) is 0. The first-order valence-electron chi connectivity index (χ1n) is 10.4. The average Bonchev–Trinajstić information content (AvgIpc) is 3.53. The predicted octanol–water partition coefficient (Wildman–Crippen LogP) is 3.14. The van der Waals surface area contributed by atoms with Crippen molar-refractivity contribution in [1.29, 1.82) is 0 Å². The van der Waals surface area contributed by atoms with E-state index in [1.54, 1.807) is 0 Å². The van der Waals surface area contributed by atoms with E-state index in [9.17, 15) is 4.79 Å². The van der Waals surface area contributed by atoms with Gasteiger partial charge < -0.3 is 9.64 Å². The van der Waals surface area contributed by atoms with E-state index in [0.29, 0.717) is 18.2 Å². The first kappa shape index (κ1) is 18.0. The Kier molecular flexibility index (Phi) is 5.91. The standard InChI is InChI=1S/C22H32N2O2/c25-22(16-21(20-6-7-20)19-4-2-1-3-5-19)24-10-8-18(9-11-24)17-23-12-14-26-15-13-23/h1-5,18,20-21H,6-17H2. The third kappa shape index (κ3) is 4.66. The first-order valence-corrected chi connectivity index (χ1v) is 10.4. The minimum atomic E-state index is 0.371. The predicted molar refractivity (Wildman–Crippen MR) is 103 cm³/mol. The summed E-state index contributed by atoms with van der Waals surface area (Å²) in [4.78, 5) is 17.6. The van der Waals surface area contributed by atoms with Crippen LogP contribution in [0.25, 0.3) is 0 Å². The molecule has 4 nitrogen and oxygen atoms in total. The molecule has 0 radical (unpaired) electrons. The van der Waals surface area contributed by atoms with Crippen molar-refractivity contribution < 1.29 is 9.53 Å². The lowest BCUT2D eigenvalue weighted by Gasteiger charge is -2.36. The van der Waals surface area contributed by atoms with Crippen LogP contribution in [0, 0.1) is 11.8 Å². The van der Waals surface area contributed by atoms with Crippen LogP contribution in [-0.2, 0) is 9.53 Å². The van der Waals surface area contributed by atoms with Crippen LogP contribution in [0.2, 0.25) is 0 Å². The van der Waals surface area contributed by atoms with E-state index >= 15 is 0 Å². The zero-order valence-electron chi connectivity index (χ0n) is 15.8. The molecule has 26 heavy (non-hydrogen) atoms. The van der Waals surface area contributed by atoms with E-state index < -0.39 is 0 Å². The van der Waals surface area contributed by atoms with Crippen molar-refractivity contribution >= 4 is 5.91 Å². The summed E-state index contributed by atoms with van der Waals surface area (Å²) < 4.78 is 5.44. The summed E-state index contributed by atoms with van der Waals surface area (Å²) in [7, 11) is 0. The fourth-order valence-electron chi connectivity index (χ4n) is 4.59. The molecule has 2 saturated heterocycles. The molecule has 2 aliphatic heterocycles. The Labute approximate surface area is 157 Å². The second kappa shape index (κ2) is 8.53. The second-order valence-electron chi connectivity index (χ2n) is 8.30. The van der Waals surface area contributed by atoms with Crippen LogP contribution in [0.3, 0.4) is 0 Å². The van der Waals surface area contributed by atoms with Gasteiger partial charge in [0.25, 0.3) is 0 Å². The molecule has 1 atom stereocenters. The van der Waals surface area contributed by atoms with Crippen LogP contribution in [0.15, 0.2) is 30.3 Å². The lowest BCUT2D eigenvalue weighted by molar-refractivity contribution is -0.133. The molecule has 1 unspecified atom stereocenters. The van der Waals surface area contributed by atoms with Gasteiger partial charge in [-0.3, -0.25) is 9.69 Å². The van der Waals surface area contributed by atoms with Crippen LogP contribution >= 0.6 is 0 Å². The third-order valence-electron chi connectivity index (χ3n) is 6.40. The van der Waals surface area contributed by atoms with Gasteiger partial charge in [-0.25, -0.2) is 0 Å². The van der Waals surface area contributed by atoms with Crippen LogP contribution in [-0.4, -0.2) is 61.6 Å². The summed E-state index contributed by atoms with van der Waals surface area (Å²) in [6.07, 6.45) is 5.58. The molecule has 1 aromatic carbocycles. The summed E-state index contributed by atoms with van der Waals surface area (Å²) in [6, 6.07) is 10.7. The number of rotatable bonds is 6. The highest BCUT2D eigenvalue weighted by Crippen LogP contribution is 2.44. The van der Waals surface area contributed by atoms with Crippen LogP contribution in [0.1, 0.15) is 43.6 Å². The molecule has 142 valence electrons. The average molecular weight is 357 g/mol. The number of carbonyl (C=O) groups is 1. The van der Waals surface area contributed by atoms with Crippen molar-refractivity contribution in [3.63, 3.8) is 0 Å². The Balaban J connectivity index is 1.26. The molecule has 1 aliphatic carbocycles. The molecule has 1 aromatic rings. The van der Waals surface area contributed by atoms with Gasteiger partial charge in [-0.1, -0.05) is 30.3 Å². The molecule has 3 aliphatic rings. The summed E-state index contributed by atoms with van der Waals surface area (Å²) in [6.45, 7) is 6.96. The number of morpholine rings is 1. The van der Waals surface area contributed by atoms with Crippen molar-refractivity contribution in [2.75, 3.05) is 45.9 Å². The molecule has 0 spiro atoms. The maximum atomic E-state index is 12.9. The van der Waals surface area contributed by atoms with E-state index in [1.165, 1.54) is 24.9 Å². The number of ether oxygens (including phenoxy) is 1. The number of amides is 1. The maximum absolute atomic E-state index is 12.9. The molecule has 4 heteroatoms. The Morgan fingerprint density at radius 1 is 1.00 bits per heavy atom. The topological polar surface area (TPSA) is 32.8 Å². The molecule has 0 aromatic heterocycles. The van der Waals surface area contributed by atoms with Crippen molar-refractivity contribution in [3.05, 3.63) is 35.9 Å². The van der Waals surface area contributed by atoms with E-state index in [0.717, 1.165) is 64.1 Å². The molecule has 4 rings (SSSR count). The lowest BCUT2D eigenvalue weighted by atomic mass is 9.89. The van der Waals surface area contributed by atoms with E-state index in [1.807, 2.05) is 0 Å². The van der Waals surface area contributed by atoms with Gasteiger partial charge in [0.2, 0.25) is 5.91 Å². The molecule has 0 bridgehead atoms. The summed E-state index contributed by atoms with van der Waals surface area (Å²) in [5.41, 5.74) is 1.35. The molecule has 1 saturated carbocycles. The highest BCUT2D eigenvalue weighted by molar-refractivity contribution is 5.77. The Morgan fingerprint density at radius 3 is 2.35 bits per heavy atom. The van der Waals surface area contributed by atoms with Gasteiger partial charge >= 0.3 is 0 Å². The van der Waals surface area contributed by atoms with E-state index in [-0.39, 0.29) is 0 Å². The molecular formula is C22H32N2O2. The van der Waals surface area contributed by atoms with Gasteiger partial charge in [0.15, 0.2) is 0 Å². The fraction of sp³-hybridized carbons (Fsp3) is 0.682. The quantitative estimate of drug-likeness (QED) is 0.785. The number of likely N-dealkylation sites (tertiary alicyclic amines) is 1. The number of nitrogens with zero attached hydrogens (tertiary/aromatic N) is 2. The Morgan fingerprint density at radius 2 is 1.69 bits per heavy atom. The molecule has 3 fully saturated rings. The van der Waals surface area contributed by atoms with Crippen LogP contribution < -0.4 is 0 Å². The molecule has 0 N–H and O–H groups in total. The normalized spacial score (nSPS) is 23.8. The largest absolute Gasteiger partial charge is 0.379 e. The molecule has 2 heterocycles. The van der Waals surface area contributed by atoms with Gasteiger partial charge in [0.1, 0.15) is 0 Å². The number of piperidine rings is 1. The fourth-order valence-corrected chi connectivity index (χ4v) is 4.59. The highest BCUT2D eigenvalue weighted by Gasteiger charge is 2.35. The van der Waals surface area contributed by atoms with Gasteiger partial charge in [0, 0.05) is 39.1 Å². The van der Waals surface area contributed by atoms with Crippen molar-refractivity contribution in [2.45, 2.75) is 38.0 Å². The minimum Gasteiger partial charge on any atom is -0.379 e. The first-order chi connectivity index (χ1) is 12.8. The third-order valence-corrected chi connectivity index (χ3v) is 6.40. The number of hydrogen-bond acceptors (Lipinski definition) is 3. The van der Waals surface area contributed by atoms with Crippen LogP contribution in [0.4, 0.5) is 0 Å². The van der Waals surface area contributed by atoms with Gasteiger partial charge in [-0.2, -0.15) is 0 Å². The zero-order valence-corrected chi connectivity index (χ0v) is 15.8. The second-order valence-corrected chi connectivity index (χ2v) is 8.30. The summed E-state index contributed by atoms with van der Waals surface area (Å²) in [5.74, 6) is 2.26. The highest BCUT2D eigenvalue weighted by atomic mass is 16.5. The Hall–Kier alpha value is -1.39. The molecule has 1 amide bonds. The molecular weight excluding hydrogens is 324 g/mol. The van der Waals surface area contributed by atoms with Crippen molar-refractivity contribution in [1.82, 2.24) is 9.80 Å². The van der Waals surface area contributed by atoms with Crippen LogP contribution in [0.5, 0.6) is 0 Å². The van der Waals surface area contributed by atoms with Gasteiger partial charge in [0.05, 0.1) is 13.2 Å². The number of benzene rings is 1.